The van der Waals surface area contributed by atoms with Gasteiger partial charge in [-0.05, 0) is 44.2 Å². The predicted octanol–water partition coefficient (Wildman–Crippen LogP) is 4.40. The lowest BCUT2D eigenvalue weighted by Gasteiger charge is -2.22. The summed E-state index contributed by atoms with van der Waals surface area (Å²) in [5.74, 6) is 0.412. The summed E-state index contributed by atoms with van der Waals surface area (Å²) in [4.78, 5) is 12.1. The fraction of sp³-hybridized carbons (Fsp3) is 0.211. The van der Waals surface area contributed by atoms with Gasteiger partial charge >= 0.3 is 5.97 Å². The number of para-hydroxylation sites is 1. The number of ether oxygens (including phenoxy) is 2. The number of esters is 1. The highest BCUT2D eigenvalue weighted by molar-refractivity contribution is 5.93. The van der Waals surface area contributed by atoms with Crippen molar-refractivity contribution >= 4 is 23.4 Å². The third kappa shape index (κ3) is 3.37. The van der Waals surface area contributed by atoms with Crippen LogP contribution in [0.2, 0.25) is 0 Å². The van der Waals surface area contributed by atoms with Crippen molar-refractivity contribution in [3.8, 4) is 5.75 Å². The molecule has 1 atom stereocenters. The molecule has 1 unspecified atom stereocenters. The van der Waals surface area contributed by atoms with Crippen molar-refractivity contribution < 1.29 is 14.3 Å². The minimum absolute atomic E-state index is 0.00716. The lowest BCUT2D eigenvalue weighted by molar-refractivity contribution is 0.0526. The zero-order valence-electron chi connectivity index (χ0n) is 13.2. The maximum absolute atomic E-state index is 12.1. The van der Waals surface area contributed by atoms with Crippen LogP contribution in [-0.4, -0.2) is 18.7 Å². The average molecular weight is 309 g/mol. The van der Waals surface area contributed by atoms with Crippen molar-refractivity contribution in [2.24, 2.45) is 0 Å². The monoisotopic (exact) mass is 309 g/mol. The van der Waals surface area contributed by atoms with E-state index in [4.69, 9.17) is 9.47 Å². The first-order valence-corrected chi connectivity index (χ1v) is 7.69. The van der Waals surface area contributed by atoms with Gasteiger partial charge in [-0.3, -0.25) is 0 Å². The summed E-state index contributed by atoms with van der Waals surface area (Å²) in [7, 11) is 0. The average Bonchev–Trinajstić information content (AvgIpc) is 2.56. The van der Waals surface area contributed by atoms with E-state index < -0.39 is 0 Å². The maximum Gasteiger partial charge on any atom is 0.338 e. The Morgan fingerprint density at radius 1 is 1.26 bits per heavy atom. The van der Waals surface area contributed by atoms with Crippen molar-refractivity contribution in [1.82, 2.24) is 0 Å². The molecule has 0 amide bonds. The lowest BCUT2D eigenvalue weighted by atomic mass is 10.0. The largest absolute Gasteiger partial charge is 0.484 e. The number of hydrogen-bond donors (Lipinski definition) is 1. The SMILES string of the molecule is CCOC(=O)c1cc2c(c(Nc3ccccc3)c1)OC(C)C=C2. The van der Waals surface area contributed by atoms with E-state index in [1.54, 1.807) is 19.1 Å². The van der Waals surface area contributed by atoms with Gasteiger partial charge in [0.25, 0.3) is 0 Å². The third-order valence-corrected chi connectivity index (χ3v) is 3.53. The zero-order chi connectivity index (χ0) is 16.2. The molecular formula is C19H19NO3. The second kappa shape index (κ2) is 6.57. The molecule has 2 aromatic carbocycles. The van der Waals surface area contributed by atoms with Crippen LogP contribution in [0.5, 0.6) is 5.75 Å². The summed E-state index contributed by atoms with van der Waals surface area (Å²) >= 11 is 0. The lowest BCUT2D eigenvalue weighted by Crippen LogP contribution is -2.15. The highest BCUT2D eigenvalue weighted by atomic mass is 16.5. The Kier molecular flexibility index (Phi) is 4.33. The van der Waals surface area contributed by atoms with E-state index in [0.29, 0.717) is 12.2 Å². The molecule has 4 heteroatoms. The van der Waals surface area contributed by atoms with Crippen LogP contribution in [0, 0.1) is 0 Å². The molecule has 0 saturated heterocycles. The van der Waals surface area contributed by atoms with Crippen LogP contribution in [0.15, 0.2) is 48.5 Å². The van der Waals surface area contributed by atoms with Gasteiger partial charge in [0.2, 0.25) is 0 Å². The summed E-state index contributed by atoms with van der Waals surface area (Å²) in [5.41, 5.74) is 3.06. The van der Waals surface area contributed by atoms with Crippen molar-refractivity contribution in [1.29, 1.82) is 0 Å². The quantitative estimate of drug-likeness (QED) is 0.850. The Bertz CT molecular complexity index is 738. The van der Waals surface area contributed by atoms with Gasteiger partial charge in [0.05, 0.1) is 17.9 Å². The number of rotatable bonds is 4. The molecule has 2 aromatic rings. The first kappa shape index (κ1) is 15.2. The van der Waals surface area contributed by atoms with Crippen molar-refractivity contribution in [3.63, 3.8) is 0 Å². The van der Waals surface area contributed by atoms with Crippen molar-refractivity contribution in [2.45, 2.75) is 20.0 Å². The number of carbonyl (C=O) groups excluding carboxylic acids is 1. The van der Waals surface area contributed by atoms with Gasteiger partial charge in [-0.1, -0.05) is 24.3 Å². The fourth-order valence-electron chi connectivity index (χ4n) is 2.47. The standard InChI is InChI=1S/C19H19NO3/c1-3-22-19(21)15-11-14-10-9-13(2)23-18(14)17(12-15)20-16-7-5-4-6-8-16/h4-13,20H,3H2,1-2H3. The molecule has 0 aliphatic carbocycles. The van der Waals surface area contributed by atoms with Crippen LogP contribution >= 0.6 is 0 Å². The zero-order valence-corrected chi connectivity index (χ0v) is 13.2. The minimum atomic E-state index is -0.335. The van der Waals surface area contributed by atoms with Crippen LogP contribution in [0.25, 0.3) is 6.08 Å². The molecule has 0 spiro atoms. The number of anilines is 2. The topological polar surface area (TPSA) is 47.6 Å². The molecule has 1 N–H and O–H groups in total. The molecular weight excluding hydrogens is 290 g/mol. The van der Waals surface area contributed by atoms with Crippen LogP contribution in [0.3, 0.4) is 0 Å². The van der Waals surface area contributed by atoms with Gasteiger partial charge in [0.15, 0.2) is 5.75 Å². The first-order chi connectivity index (χ1) is 11.2. The van der Waals surface area contributed by atoms with Crippen molar-refractivity contribution in [2.75, 3.05) is 11.9 Å². The van der Waals surface area contributed by atoms with E-state index in [0.717, 1.165) is 22.7 Å². The molecule has 1 heterocycles. The summed E-state index contributed by atoms with van der Waals surface area (Å²) in [6.45, 7) is 4.12. The van der Waals surface area contributed by atoms with E-state index in [2.05, 4.69) is 5.32 Å². The minimum Gasteiger partial charge on any atom is -0.484 e. The molecule has 0 fully saturated rings. The smallest absolute Gasteiger partial charge is 0.338 e. The molecule has 0 bridgehead atoms. The van der Waals surface area contributed by atoms with Crippen LogP contribution in [-0.2, 0) is 4.74 Å². The van der Waals surface area contributed by atoms with E-state index in [-0.39, 0.29) is 12.1 Å². The summed E-state index contributed by atoms with van der Waals surface area (Å²) in [6, 6.07) is 13.4. The fourth-order valence-corrected chi connectivity index (χ4v) is 2.47. The molecule has 0 radical (unpaired) electrons. The number of hydrogen-bond acceptors (Lipinski definition) is 4. The molecule has 3 rings (SSSR count). The highest BCUT2D eigenvalue weighted by Crippen LogP contribution is 2.37. The third-order valence-electron chi connectivity index (χ3n) is 3.53. The second-order valence-corrected chi connectivity index (χ2v) is 5.34. The van der Waals surface area contributed by atoms with Gasteiger partial charge in [-0.25, -0.2) is 4.79 Å². The van der Waals surface area contributed by atoms with Gasteiger partial charge in [-0.2, -0.15) is 0 Å². The molecule has 23 heavy (non-hydrogen) atoms. The second-order valence-electron chi connectivity index (χ2n) is 5.34. The molecule has 4 nitrogen and oxygen atoms in total. The van der Waals surface area contributed by atoms with Gasteiger partial charge < -0.3 is 14.8 Å². The molecule has 1 aliphatic rings. The molecule has 118 valence electrons. The van der Waals surface area contributed by atoms with E-state index in [1.807, 2.05) is 49.4 Å². The van der Waals surface area contributed by atoms with Crippen LogP contribution in [0.1, 0.15) is 29.8 Å². The number of nitrogens with one attached hydrogen (secondary N) is 1. The molecule has 0 saturated carbocycles. The van der Waals surface area contributed by atoms with Gasteiger partial charge in [-0.15, -0.1) is 0 Å². The Labute approximate surface area is 135 Å². The number of benzene rings is 2. The normalized spacial score (nSPS) is 15.5. The summed E-state index contributed by atoms with van der Waals surface area (Å²) in [6.07, 6.45) is 3.93. The van der Waals surface area contributed by atoms with Gasteiger partial charge in [0.1, 0.15) is 6.10 Å². The van der Waals surface area contributed by atoms with E-state index in [9.17, 15) is 4.79 Å². The Morgan fingerprint density at radius 3 is 2.78 bits per heavy atom. The van der Waals surface area contributed by atoms with E-state index >= 15 is 0 Å². The van der Waals surface area contributed by atoms with Crippen LogP contribution < -0.4 is 10.1 Å². The number of carbonyl (C=O) groups is 1. The Hall–Kier alpha value is -2.75. The van der Waals surface area contributed by atoms with Crippen molar-refractivity contribution in [3.05, 3.63) is 59.7 Å². The summed E-state index contributed by atoms with van der Waals surface area (Å²) in [5, 5.41) is 3.32. The van der Waals surface area contributed by atoms with E-state index in [1.165, 1.54) is 0 Å². The summed E-state index contributed by atoms with van der Waals surface area (Å²) < 4.78 is 11.0. The molecule has 0 aromatic heterocycles. The molecule has 1 aliphatic heterocycles. The number of fused-ring (bicyclic) bond motifs is 1. The maximum atomic E-state index is 12.1. The Balaban J connectivity index is 2.03. The highest BCUT2D eigenvalue weighted by Gasteiger charge is 2.19. The predicted molar refractivity (Wildman–Crippen MR) is 91.2 cm³/mol. The van der Waals surface area contributed by atoms with Crippen LogP contribution in [0.4, 0.5) is 11.4 Å². The first-order valence-electron chi connectivity index (χ1n) is 7.69. The van der Waals surface area contributed by atoms with Gasteiger partial charge in [0, 0.05) is 11.3 Å². The Morgan fingerprint density at radius 2 is 2.04 bits per heavy atom.